The van der Waals surface area contributed by atoms with Crippen molar-refractivity contribution >= 4 is 34.8 Å². The lowest BCUT2D eigenvalue weighted by Crippen LogP contribution is -2.13. The van der Waals surface area contributed by atoms with E-state index in [4.69, 9.17) is 32.7 Å². The Bertz CT molecular complexity index is 742. The Morgan fingerprint density at radius 2 is 1.70 bits per heavy atom. The van der Waals surface area contributed by atoms with Crippen molar-refractivity contribution in [3.05, 3.63) is 52.0 Å². The topological polar surface area (TPSA) is 47.6 Å². The van der Waals surface area contributed by atoms with Crippen LogP contribution in [-0.2, 0) is 0 Å². The molecule has 0 heterocycles. The first kappa shape index (κ1) is 21.4. The molecule has 0 spiro atoms. The molecule has 0 atom stereocenters. The molecule has 0 bridgehead atoms. The first-order valence-electron chi connectivity index (χ1n) is 9.21. The van der Waals surface area contributed by atoms with Crippen molar-refractivity contribution in [1.82, 2.24) is 0 Å². The number of carbonyl (C=O) groups excluding carboxylic acids is 1. The second kappa shape index (κ2) is 11.1. The summed E-state index contributed by atoms with van der Waals surface area (Å²) in [6.07, 6.45) is 4.38. The zero-order chi connectivity index (χ0) is 19.6. The highest BCUT2D eigenvalue weighted by atomic mass is 35.5. The molecule has 2 aromatic rings. The summed E-state index contributed by atoms with van der Waals surface area (Å²) in [4.78, 5) is 12.6. The highest BCUT2D eigenvalue weighted by Gasteiger charge is 2.15. The maximum atomic E-state index is 12.6. The number of benzene rings is 2. The van der Waals surface area contributed by atoms with Crippen LogP contribution in [-0.4, -0.2) is 19.1 Å². The minimum atomic E-state index is -0.319. The molecular weight excluding hydrogens is 385 g/mol. The molecule has 0 aromatic heterocycles. The van der Waals surface area contributed by atoms with Crippen LogP contribution >= 0.6 is 23.2 Å². The monoisotopic (exact) mass is 409 g/mol. The molecule has 0 saturated carbocycles. The average Bonchev–Trinajstić information content (AvgIpc) is 2.65. The van der Waals surface area contributed by atoms with Gasteiger partial charge in [0.1, 0.15) is 5.75 Å². The minimum Gasteiger partial charge on any atom is -0.492 e. The number of unbranched alkanes of at least 4 members (excludes halogenated alkanes) is 3. The van der Waals surface area contributed by atoms with E-state index in [1.54, 1.807) is 24.3 Å². The Labute approximate surface area is 170 Å². The second-order valence-corrected chi connectivity index (χ2v) is 6.88. The van der Waals surface area contributed by atoms with Gasteiger partial charge in [0, 0.05) is 5.56 Å². The van der Waals surface area contributed by atoms with Crippen LogP contribution in [0.2, 0.25) is 10.0 Å². The van der Waals surface area contributed by atoms with Crippen LogP contribution in [0.25, 0.3) is 0 Å². The van der Waals surface area contributed by atoms with E-state index in [0.717, 1.165) is 19.3 Å². The smallest absolute Gasteiger partial charge is 0.255 e. The third kappa shape index (κ3) is 6.33. The summed E-state index contributed by atoms with van der Waals surface area (Å²) in [6.45, 7) is 5.10. The van der Waals surface area contributed by atoms with Crippen LogP contribution in [0, 0.1) is 0 Å². The minimum absolute atomic E-state index is 0.319. The van der Waals surface area contributed by atoms with Gasteiger partial charge < -0.3 is 14.8 Å². The fraction of sp³-hybridized carbons (Fsp3) is 0.381. The third-order valence-corrected chi connectivity index (χ3v) is 4.50. The fourth-order valence-corrected chi connectivity index (χ4v) is 3.17. The number of hydrogen-bond donors (Lipinski definition) is 1. The number of hydrogen-bond acceptors (Lipinski definition) is 3. The number of carbonyl (C=O) groups is 1. The van der Waals surface area contributed by atoms with Gasteiger partial charge in [-0.1, -0.05) is 61.5 Å². The highest BCUT2D eigenvalue weighted by Crippen LogP contribution is 2.35. The molecule has 2 rings (SSSR count). The average molecular weight is 410 g/mol. The van der Waals surface area contributed by atoms with Gasteiger partial charge in [0.25, 0.3) is 5.91 Å². The lowest BCUT2D eigenvalue weighted by Gasteiger charge is -2.13. The van der Waals surface area contributed by atoms with E-state index in [1.165, 1.54) is 6.42 Å². The maximum Gasteiger partial charge on any atom is 0.255 e. The van der Waals surface area contributed by atoms with Crippen molar-refractivity contribution in [3.8, 4) is 11.5 Å². The van der Waals surface area contributed by atoms with E-state index in [1.807, 2.05) is 19.1 Å². The molecule has 27 heavy (non-hydrogen) atoms. The normalized spacial score (nSPS) is 10.5. The van der Waals surface area contributed by atoms with Crippen molar-refractivity contribution < 1.29 is 14.3 Å². The number of halogens is 2. The Kier molecular flexibility index (Phi) is 8.76. The molecule has 0 saturated heterocycles. The van der Waals surface area contributed by atoms with Crippen LogP contribution in [0.5, 0.6) is 11.5 Å². The summed E-state index contributed by atoms with van der Waals surface area (Å²) >= 11 is 12.6. The van der Waals surface area contributed by atoms with Crippen LogP contribution in [0.1, 0.15) is 49.9 Å². The van der Waals surface area contributed by atoms with Gasteiger partial charge in [0.2, 0.25) is 0 Å². The number of rotatable bonds is 10. The van der Waals surface area contributed by atoms with Crippen molar-refractivity contribution in [1.29, 1.82) is 0 Å². The van der Waals surface area contributed by atoms with Gasteiger partial charge in [-0.25, -0.2) is 0 Å². The second-order valence-electron chi connectivity index (χ2n) is 6.06. The SMILES string of the molecule is CCCCCCOc1c(Cl)cc(C(=O)Nc2ccccc2OCC)cc1Cl. The van der Waals surface area contributed by atoms with E-state index in [9.17, 15) is 4.79 Å². The maximum absolute atomic E-state index is 12.6. The Morgan fingerprint density at radius 1 is 1.00 bits per heavy atom. The Morgan fingerprint density at radius 3 is 2.37 bits per heavy atom. The molecule has 1 N–H and O–H groups in total. The summed E-state index contributed by atoms with van der Waals surface area (Å²) in [5, 5.41) is 3.47. The Hall–Kier alpha value is -1.91. The lowest BCUT2D eigenvalue weighted by molar-refractivity contribution is 0.102. The van der Waals surface area contributed by atoms with Gasteiger partial charge >= 0.3 is 0 Å². The number of nitrogens with one attached hydrogen (secondary N) is 1. The van der Waals surface area contributed by atoms with Gasteiger partial charge in [-0.3, -0.25) is 4.79 Å². The predicted octanol–water partition coefficient (Wildman–Crippen LogP) is 6.60. The lowest BCUT2D eigenvalue weighted by atomic mass is 10.2. The van der Waals surface area contributed by atoms with Crippen molar-refractivity contribution in [2.24, 2.45) is 0 Å². The summed E-state index contributed by atoms with van der Waals surface area (Å²) in [7, 11) is 0. The first-order chi connectivity index (χ1) is 13.1. The molecule has 0 aliphatic heterocycles. The molecule has 4 nitrogen and oxygen atoms in total. The van der Waals surface area contributed by atoms with E-state index >= 15 is 0 Å². The summed E-state index contributed by atoms with van der Waals surface area (Å²) < 4.78 is 11.2. The molecule has 0 radical (unpaired) electrons. The number of anilines is 1. The fourth-order valence-electron chi connectivity index (χ4n) is 2.58. The standard InChI is InChI=1S/C21H25Cl2NO3/c1-3-5-6-9-12-27-20-16(22)13-15(14-17(20)23)21(25)24-18-10-7-8-11-19(18)26-4-2/h7-8,10-11,13-14H,3-6,9,12H2,1-2H3,(H,24,25). The molecule has 146 valence electrons. The highest BCUT2D eigenvalue weighted by molar-refractivity contribution is 6.37. The van der Waals surface area contributed by atoms with Crippen molar-refractivity contribution in [3.63, 3.8) is 0 Å². The van der Waals surface area contributed by atoms with Gasteiger partial charge in [-0.15, -0.1) is 0 Å². The zero-order valence-electron chi connectivity index (χ0n) is 15.7. The predicted molar refractivity (Wildman–Crippen MR) is 112 cm³/mol. The summed E-state index contributed by atoms with van der Waals surface area (Å²) in [5.41, 5.74) is 0.947. The quantitative estimate of drug-likeness (QED) is 0.449. The van der Waals surface area contributed by atoms with Gasteiger partial charge in [-0.05, 0) is 37.6 Å². The van der Waals surface area contributed by atoms with Crippen LogP contribution < -0.4 is 14.8 Å². The molecular formula is C21H25Cl2NO3. The van der Waals surface area contributed by atoms with Crippen molar-refractivity contribution in [2.75, 3.05) is 18.5 Å². The molecule has 1 amide bonds. The molecule has 0 unspecified atom stereocenters. The molecule has 2 aromatic carbocycles. The molecule has 0 aliphatic rings. The first-order valence-corrected chi connectivity index (χ1v) is 9.97. The number of ether oxygens (including phenoxy) is 2. The van der Waals surface area contributed by atoms with Gasteiger partial charge in [0.05, 0.1) is 28.9 Å². The zero-order valence-corrected chi connectivity index (χ0v) is 17.2. The summed E-state index contributed by atoms with van der Waals surface area (Å²) in [6, 6.07) is 10.4. The van der Waals surface area contributed by atoms with Crippen LogP contribution in [0.3, 0.4) is 0 Å². The van der Waals surface area contributed by atoms with Crippen molar-refractivity contribution in [2.45, 2.75) is 39.5 Å². The molecule has 0 aliphatic carbocycles. The Balaban J connectivity index is 2.07. The van der Waals surface area contributed by atoms with Crippen LogP contribution in [0.15, 0.2) is 36.4 Å². The van der Waals surface area contributed by atoms with Gasteiger partial charge in [-0.2, -0.15) is 0 Å². The molecule has 0 fully saturated rings. The number of amides is 1. The third-order valence-electron chi connectivity index (χ3n) is 3.94. The van der Waals surface area contributed by atoms with Crippen LogP contribution in [0.4, 0.5) is 5.69 Å². The van der Waals surface area contributed by atoms with E-state index in [-0.39, 0.29) is 5.91 Å². The van der Waals surface area contributed by atoms with Gasteiger partial charge in [0.15, 0.2) is 5.75 Å². The van der Waals surface area contributed by atoms with E-state index in [0.29, 0.717) is 46.0 Å². The van der Waals surface area contributed by atoms with E-state index < -0.39 is 0 Å². The summed E-state index contributed by atoms with van der Waals surface area (Å²) in [5.74, 6) is 0.708. The largest absolute Gasteiger partial charge is 0.492 e. The molecule has 6 heteroatoms. The van der Waals surface area contributed by atoms with E-state index in [2.05, 4.69) is 12.2 Å². The number of para-hydroxylation sites is 2.